The molecule has 0 aliphatic heterocycles. The Hall–Kier alpha value is -3.02. The highest BCUT2D eigenvalue weighted by Crippen LogP contribution is 2.30. The molecule has 6 heteroatoms. The van der Waals surface area contributed by atoms with E-state index < -0.39 is 17.5 Å². The Balaban J connectivity index is 2.47. The maximum atomic E-state index is 12.2. The molecule has 2 rings (SSSR count). The van der Waals surface area contributed by atoms with Gasteiger partial charge in [-0.3, -0.25) is 0 Å². The van der Waals surface area contributed by atoms with Crippen molar-refractivity contribution in [2.45, 2.75) is 26.4 Å². The molecule has 0 spiro atoms. The lowest BCUT2D eigenvalue weighted by atomic mass is 10.00. The first-order valence-electron chi connectivity index (χ1n) is 7.21. The van der Waals surface area contributed by atoms with Crippen LogP contribution in [0.25, 0.3) is 11.1 Å². The fraction of sp³-hybridized carbons (Fsp3) is 0.222. The quantitative estimate of drug-likeness (QED) is 0.745. The molecule has 2 aromatic rings. The second-order valence-corrected chi connectivity index (χ2v) is 6.27. The van der Waals surface area contributed by atoms with Crippen molar-refractivity contribution in [1.82, 2.24) is 0 Å². The molecule has 0 amide bonds. The van der Waals surface area contributed by atoms with Crippen LogP contribution in [0.15, 0.2) is 36.4 Å². The minimum absolute atomic E-state index is 0.0209. The minimum Gasteiger partial charge on any atom is -0.507 e. The normalized spacial score (nSPS) is 11.1. The molecule has 0 aromatic heterocycles. The van der Waals surface area contributed by atoms with Gasteiger partial charge in [0.15, 0.2) is 0 Å². The van der Waals surface area contributed by atoms with E-state index in [0.29, 0.717) is 11.1 Å². The number of carboxylic acid groups (broad SMARTS) is 1. The number of hydrogen-bond acceptors (Lipinski definition) is 5. The van der Waals surface area contributed by atoms with Crippen LogP contribution in [0.3, 0.4) is 0 Å². The van der Waals surface area contributed by atoms with Crippen molar-refractivity contribution in [3.8, 4) is 22.6 Å². The van der Waals surface area contributed by atoms with Gasteiger partial charge in [-0.25, -0.2) is 9.59 Å². The molecule has 6 nitrogen and oxygen atoms in total. The van der Waals surface area contributed by atoms with Crippen LogP contribution in [0.4, 0.5) is 0 Å². The maximum Gasteiger partial charge on any atom is 0.342 e. The highest BCUT2D eigenvalue weighted by molar-refractivity contribution is 5.95. The lowest BCUT2D eigenvalue weighted by Gasteiger charge is -2.20. The molecule has 126 valence electrons. The average molecular weight is 330 g/mol. The molecule has 0 saturated carbocycles. The van der Waals surface area contributed by atoms with Crippen LogP contribution in [0.2, 0.25) is 0 Å². The van der Waals surface area contributed by atoms with E-state index in [0.717, 1.165) is 0 Å². The molecule has 0 aliphatic carbocycles. The van der Waals surface area contributed by atoms with Gasteiger partial charge in [0.2, 0.25) is 0 Å². The Kier molecular flexibility index (Phi) is 4.50. The number of aromatic carboxylic acids is 1. The van der Waals surface area contributed by atoms with Crippen molar-refractivity contribution in [2.75, 3.05) is 0 Å². The van der Waals surface area contributed by atoms with E-state index in [1.54, 1.807) is 26.8 Å². The largest absolute Gasteiger partial charge is 0.507 e. The van der Waals surface area contributed by atoms with Gasteiger partial charge in [-0.1, -0.05) is 12.1 Å². The predicted octanol–water partition coefficient (Wildman–Crippen LogP) is 3.42. The molecule has 0 bridgehead atoms. The smallest absolute Gasteiger partial charge is 0.342 e. The summed E-state index contributed by atoms with van der Waals surface area (Å²) in [6.07, 6.45) is 0. The van der Waals surface area contributed by atoms with E-state index >= 15 is 0 Å². The molecule has 0 radical (unpaired) electrons. The van der Waals surface area contributed by atoms with Gasteiger partial charge < -0.3 is 20.1 Å². The second kappa shape index (κ2) is 6.23. The van der Waals surface area contributed by atoms with Crippen LogP contribution in [0.5, 0.6) is 11.5 Å². The predicted molar refractivity (Wildman–Crippen MR) is 87.3 cm³/mol. The number of carbonyl (C=O) groups excluding carboxylic acids is 1. The fourth-order valence-electron chi connectivity index (χ4n) is 2.10. The summed E-state index contributed by atoms with van der Waals surface area (Å²) in [6, 6.07) is 8.37. The summed E-state index contributed by atoms with van der Waals surface area (Å²) in [5.74, 6) is -2.53. The number of hydrogen-bond donors (Lipinski definition) is 3. The molecule has 0 atom stereocenters. The summed E-state index contributed by atoms with van der Waals surface area (Å²) >= 11 is 0. The van der Waals surface area contributed by atoms with Gasteiger partial charge >= 0.3 is 11.9 Å². The van der Waals surface area contributed by atoms with Gasteiger partial charge in [0.1, 0.15) is 28.2 Å². The maximum absolute atomic E-state index is 12.2. The number of ether oxygens (including phenoxy) is 1. The molecule has 0 aliphatic rings. The van der Waals surface area contributed by atoms with Crippen molar-refractivity contribution in [1.29, 1.82) is 0 Å². The van der Waals surface area contributed by atoms with Crippen LogP contribution in [-0.2, 0) is 4.74 Å². The van der Waals surface area contributed by atoms with E-state index in [4.69, 9.17) is 9.84 Å². The number of phenolic OH excluding ortho intramolecular Hbond substituents is 1. The van der Waals surface area contributed by atoms with Gasteiger partial charge in [-0.2, -0.15) is 0 Å². The molecular formula is C18H18O6. The Labute approximate surface area is 138 Å². The Morgan fingerprint density at radius 1 is 0.875 bits per heavy atom. The summed E-state index contributed by atoms with van der Waals surface area (Å²) in [5, 5.41) is 28.6. The zero-order valence-corrected chi connectivity index (χ0v) is 13.5. The number of carboxylic acids is 1. The zero-order chi connectivity index (χ0) is 18.1. The molecule has 0 saturated heterocycles. The number of benzene rings is 2. The summed E-state index contributed by atoms with van der Waals surface area (Å²) < 4.78 is 5.24. The van der Waals surface area contributed by atoms with Crippen LogP contribution in [0.1, 0.15) is 41.5 Å². The highest BCUT2D eigenvalue weighted by atomic mass is 16.6. The van der Waals surface area contributed by atoms with Crippen molar-refractivity contribution < 1.29 is 29.6 Å². The van der Waals surface area contributed by atoms with Gasteiger partial charge in [0.05, 0.1) is 0 Å². The number of rotatable bonds is 3. The SMILES string of the molecule is CC(C)(C)OC(=O)c1cc(-c2ccc(O)c(C(=O)O)c2)ccc1O. The lowest BCUT2D eigenvalue weighted by Crippen LogP contribution is -2.23. The minimum atomic E-state index is -1.26. The van der Waals surface area contributed by atoms with Gasteiger partial charge in [0.25, 0.3) is 0 Å². The lowest BCUT2D eigenvalue weighted by molar-refractivity contribution is 0.00666. The third-order valence-corrected chi connectivity index (χ3v) is 3.18. The Bertz CT molecular complexity index is 802. The van der Waals surface area contributed by atoms with E-state index in [1.807, 2.05) is 0 Å². The standard InChI is InChI=1S/C18H18O6/c1-18(2,3)24-17(23)13-9-11(5-7-15(13)20)10-4-6-14(19)12(8-10)16(21)22/h4-9,19-20H,1-3H3,(H,21,22). The topological polar surface area (TPSA) is 104 Å². The van der Waals surface area contributed by atoms with E-state index in [9.17, 15) is 19.8 Å². The first-order chi connectivity index (χ1) is 11.1. The summed E-state index contributed by atoms with van der Waals surface area (Å²) in [4.78, 5) is 23.3. The van der Waals surface area contributed by atoms with Crippen molar-refractivity contribution in [3.63, 3.8) is 0 Å². The van der Waals surface area contributed by atoms with Gasteiger partial charge in [-0.05, 0) is 56.2 Å². The van der Waals surface area contributed by atoms with Crippen LogP contribution in [0, 0.1) is 0 Å². The van der Waals surface area contributed by atoms with Crippen molar-refractivity contribution in [2.24, 2.45) is 0 Å². The van der Waals surface area contributed by atoms with Crippen molar-refractivity contribution >= 4 is 11.9 Å². The molecule has 3 N–H and O–H groups in total. The summed E-state index contributed by atoms with van der Waals surface area (Å²) in [6.45, 7) is 5.14. The Morgan fingerprint density at radius 3 is 1.79 bits per heavy atom. The Morgan fingerprint density at radius 2 is 1.33 bits per heavy atom. The van der Waals surface area contributed by atoms with Crippen LogP contribution >= 0.6 is 0 Å². The van der Waals surface area contributed by atoms with E-state index in [2.05, 4.69) is 0 Å². The number of carbonyl (C=O) groups is 2. The van der Waals surface area contributed by atoms with Crippen LogP contribution in [-0.4, -0.2) is 32.9 Å². The molecule has 0 heterocycles. The summed E-state index contributed by atoms with van der Waals surface area (Å²) in [5.41, 5.74) is 0.00656. The van der Waals surface area contributed by atoms with E-state index in [-0.39, 0.29) is 22.6 Å². The highest BCUT2D eigenvalue weighted by Gasteiger charge is 2.21. The molecule has 2 aromatic carbocycles. The third-order valence-electron chi connectivity index (χ3n) is 3.18. The molecule has 0 unspecified atom stereocenters. The molecule has 0 fully saturated rings. The molecular weight excluding hydrogens is 312 g/mol. The first kappa shape index (κ1) is 17.3. The third kappa shape index (κ3) is 3.84. The number of esters is 1. The summed E-state index contributed by atoms with van der Waals surface area (Å²) in [7, 11) is 0. The second-order valence-electron chi connectivity index (χ2n) is 6.27. The number of phenols is 2. The van der Waals surface area contributed by atoms with Gasteiger partial charge in [-0.15, -0.1) is 0 Å². The van der Waals surface area contributed by atoms with Crippen molar-refractivity contribution in [3.05, 3.63) is 47.5 Å². The fourth-order valence-corrected chi connectivity index (χ4v) is 2.10. The zero-order valence-electron chi connectivity index (χ0n) is 13.5. The average Bonchev–Trinajstić information content (AvgIpc) is 2.46. The number of aromatic hydroxyl groups is 2. The van der Waals surface area contributed by atoms with E-state index in [1.165, 1.54) is 30.3 Å². The van der Waals surface area contributed by atoms with Gasteiger partial charge in [0, 0.05) is 0 Å². The first-order valence-corrected chi connectivity index (χ1v) is 7.21. The molecule has 24 heavy (non-hydrogen) atoms. The van der Waals surface area contributed by atoms with Crippen LogP contribution < -0.4 is 0 Å². The monoisotopic (exact) mass is 330 g/mol.